The van der Waals surface area contributed by atoms with E-state index in [4.69, 9.17) is 4.74 Å². The predicted octanol–water partition coefficient (Wildman–Crippen LogP) is 3.08. The smallest absolute Gasteiger partial charge is 0.0587 e. The van der Waals surface area contributed by atoms with E-state index in [9.17, 15) is 0 Å². The molecule has 2 rings (SSSR count). The number of hydrogen-bond acceptors (Lipinski definition) is 2. The van der Waals surface area contributed by atoms with Crippen LogP contribution in [-0.4, -0.2) is 26.3 Å². The van der Waals surface area contributed by atoms with Crippen LogP contribution in [0, 0.1) is 0 Å². The van der Waals surface area contributed by atoms with Crippen molar-refractivity contribution in [3.05, 3.63) is 71.8 Å². The molecule has 0 aliphatic carbocycles. The lowest BCUT2D eigenvalue weighted by molar-refractivity contribution is 0.195. The zero-order chi connectivity index (χ0) is 14.0. The quantitative estimate of drug-likeness (QED) is 0.744. The minimum absolute atomic E-state index is 0.440. The average molecular weight is 269 g/mol. The molecule has 0 atom stereocenters. The lowest BCUT2D eigenvalue weighted by Crippen LogP contribution is -2.35. The van der Waals surface area contributed by atoms with Crippen LogP contribution < -0.4 is 5.32 Å². The molecule has 0 heterocycles. The molecule has 2 heteroatoms. The molecule has 0 spiro atoms. The second-order valence-corrected chi connectivity index (χ2v) is 5.02. The maximum absolute atomic E-state index is 5.13. The van der Waals surface area contributed by atoms with Gasteiger partial charge >= 0.3 is 0 Å². The highest BCUT2D eigenvalue weighted by Crippen LogP contribution is 2.09. The first-order valence-electron chi connectivity index (χ1n) is 7.18. The fourth-order valence-corrected chi connectivity index (χ4v) is 2.38. The Morgan fingerprint density at radius 2 is 1.35 bits per heavy atom. The predicted molar refractivity (Wildman–Crippen MR) is 84.0 cm³/mol. The number of rotatable bonds is 8. The van der Waals surface area contributed by atoms with Crippen LogP contribution in [0.25, 0.3) is 0 Å². The number of benzene rings is 2. The van der Waals surface area contributed by atoms with Crippen molar-refractivity contribution in [1.82, 2.24) is 5.32 Å². The summed E-state index contributed by atoms with van der Waals surface area (Å²) in [5.41, 5.74) is 2.75. The van der Waals surface area contributed by atoms with Gasteiger partial charge in [-0.1, -0.05) is 60.7 Å². The third-order valence-corrected chi connectivity index (χ3v) is 3.39. The van der Waals surface area contributed by atoms with Crippen molar-refractivity contribution < 1.29 is 4.74 Å². The second kappa shape index (κ2) is 8.51. The Labute approximate surface area is 121 Å². The van der Waals surface area contributed by atoms with Crippen LogP contribution >= 0.6 is 0 Å². The minimum atomic E-state index is 0.440. The van der Waals surface area contributed by atoms with E-state index in [2.05, 4.69) is 66.0 Å². The largest absolute Gasteiger partial charge is 0.383 e. The first-order valence-corrected chi connectivity index (χ1v) is 7.18. The van der Waals surface area contributed by atoms with Gasteiger partial charge in [-0.15, -0.1) is 0 Å². The first kappa shape index (κ1) is 14.8. The van der Waals surface area contributed by atoms with Gasteiger partial charge in [-0.25, -0.2) is 0 Å². The standard InChI is InChI=1S/C18H23NO/c1-20-13-12-19-18(14-16-8-4-2-5-9-16)15-17-10-6-3-7-11-17/h2-11,18-19H,12-15H2,1H3. The van der Waals surface area contributed by atoms with Crippen LogP contribution in [0.5, 0.6) is 0 Å². The van der Waals surface area contributed by atoms with E-state index in [1.807, 2.05) is 0 Å². The van der Waals surface area contributed by atoms with Crippen LogP contribution in [0.2, 0.25) is 0 Å². The van der Waals surface area contributed by atoms with Crippen molar-refractivity contribution in [2.75, 3.05) is 20.3 Å². The van der Waals surface area contributed by atoms with Crippen molar-refractivity contribution in [2.24, 2.45) is 0 Å². The van der Waals surface area contributed by atoms with Crippen molar-refractivity contribution >= 4 is 0 Å². The van der Waals surface area contributed by atoms with Gasteiger partial charge in [0.15, 0.2) is 0 Å². The molecule has 0 aliphatic rings. The van der Waals surface area contributed by atoms with Crippen LogP contribution in [0.15, 0.2) is 60.7 Å². The molecule has 2 nitrogen and oxygen atoms in total. The number of nitrogens with one attached hydrogen (secondary N) is 1. The Morgan fingerprint density at radius 3 is 1.80 bits per heavy atom. The Bertz CT molecular complexity index is 428. The molecule has 0 aromatic heterocycles. The molecule has 20 heavy (non-hydrogen) atoms. The average Bonchev–Trinajstić information content (AvgIpc) is 2.49. The highest BCUT2D eigenvalue weighted by atomic mass is 16.5. The molecule has 0 saturated heterocycles. The van der Waals surface area contributed by atoms with Gasteiger partial charge in [-0.2, -0.15) is 0 Å². The van der Waals surface area contributed by atoms with Gasteiger partial charge in [-0.3, -0.25) is 0 Å². The molecule has 0 bridgehead atoms. The summed E-state index contributed by atoms with van der Waals surface area (Å²) in [6.45, 7) is 1.64. The molecular weight excluding hydrogens is 246 g/mol. The van der Waals surface area contributed by atoms with E-state index in [1.54, 1.807) is 7.11 Å². The number of hydrogen-bond donors (Lipinski definition) is 1. The van der Waals surface area contributed by atoms with Gasteiger partial charge in [0.2, 0.25) is 0 Å². The van der Waals surface area contributed by atoms with Crippen LogP contribution in [0.3, 0.4) is 0 Å². The summed E-state index contributed by atoms with van der Waals surface area (Å²) in [5, 5.41) is 3.59. The third kappa shape index (κ3) is 5.16. The molecule has 0 radical (unpaired) electrons. The fraction of sp³-hybridized carbons (Fsp3) is 0.333. The SMILES string of the molecule is COCCNC(Cc1ccccc1)Cc1ccccc1. The van der Waals surface area contributed by atoms with Crippen molar-refractivity contribution in [1.29, 1.82) is 0 Å². The van der Waals surface area contributed by atoms with E-state index < -0.39 is 0 Å². The second-order valence-electron chi connectivity index (χ2n) is 5.02. The van der Waals surface area contributed by atoms with Crippen LogP contribution in [0.1, 0.15) is 11.1 Å². The molecule has 0 saturated carbocycles. The van der Waals surface area contributed by atoms with Crippen molar-refractivity contribution in [2.45, 2.75) is 18.9 Å². The summed E-state index contributed by atoms with van der Waals surface area (Å²) < 4.78 is 5.13. The zero-order valence-electron chi connectivity index (χ0n) is 12.1. The van der Waals surface area contributed by atoms with Crippen LogP contribution in [-0.2, 0) is 17.6 Å². The summed E-state index contributed by atoms with van der Waals surface area (Å²) in [7, 11) is 1.74. The maximum Gasteiger partial charge on any atom is 0.0587 e. The molecule has 0 amide bonds. The highest BCUT2D eigenvalue weighted by Gasteiger charge is 2.09. The van der Waals surface area contributed by atoms with Crippen molar-refractivity contribution in [3.63, 3.8) is 0 Å². The maximum atomic E-state index is 5.13. The van der Waals surface area contributed by atoms with Gasteiger partial charge < -0.3 is 10.1 Å². The molecular formula is C18H23NO. The van der Waals surface area contributed by atoms with Gasteiger partial charge in [0, 0.05) is 19.7 Å². The van der Waals surface area contributed by atoms with E-state index in [0.717, 1.165) is 26.0 Å². The van der Waals surface area contributed by atoms with Gasteiger partial charge in [0.25, 0.3) is 0 Å². The summed E-state index contributed by atoms with van der Waals surface area (Å²) >= 11 is 0. The van der Waals surface area contributed by atoms with Gasteiger partial charge in [-0.05, 0) is 24.0 Å². The molecule has 2 aromatic rings. The monoisotopic (exact) mass is 269 g/mol. The molecule has 2 aromatic carbocycles. The van der Waals surface area contributed by atoms with Crippen LogP contribution in [0.4, 0.5) is 0 Å². The van der Waals surface area contributed by atoms with Gasteiger partial charge in [0.05, 0.1) is 6.61 Å². The lowest BCUT2D eigenvalue weighted by atomic mass is 9.99. The minimum Gasteiger partial charge on any atom is -0.383 e. The summed E-state index contributed by atoms with van der Waals surface area (Å²) in [5.74, 6) is 0. The highest BCUT2D eigenvalue weighted by molar-refractivity contribution is 5.19. The van der Waals surface area contributed by atoms with E-state index in [0.29, 0.717) is 6.04 Å². The Balaban J connectivity index is 1.96. The normalized spacial score (nSPS) is 10.9. The van der Waals surface area contributed by atoms with E-state index >= 15 is 0 Å². The summed E-state index contributed by atoms with van der Waals surface area (Å²) in [6.07, 6.45) is 2.08. The summed E-state index contributed by atoms with van der Waals surface area (Å²) in [4.78, 5) is 0. The lowest BCUT2D eigenvalue weighted by Gasteiger charge is -2.19. The van der Waals surface area contributed by atoms with E-state index in [-0.39, 0.29) is 0 Å². The Morgan fingerprint density at radius 1 is 0.850 bits per heavy atom. The molecule has 106 valence electrons. The number of methoxy groups -OCH3 is 1. The zero-order valence-corrected chi connectivity index (χ0v) is 12.1. The summed E-state index contributed by atoms with van der Waals surface area (Å²) in [6, 6.07) is 21.7. The fourth-order valence-electron chi connectivity index (χ4n) is 2.38. The molecule has 1 N–H and O–H groups in total. The Hall–Kier alpha value is -1.64. The van der Waals surface area contributed by atoms with E-state index in [1.165, 1.54) is 11.1 Å². The topological polar surface area (TPSA) is 21.3 Å². The third-order valence-electron chi connectivity index (χ3n) is 3.39. The first-order chi connectivity index (χ1) is 9.88. The molecule has 0 unspecified atom stereocenters. The van der Waals surface area contributed by atoms with Crippen molar-refractivity contribution in [3.8, 4) is 0 Å². The molecule has 0 aliphatic heterocycles. The Kier molecular flexibility index (Phi) is 6.28. The van der Waals surface area contributed by atoms with Gasteiger partial charge in [0.1, 0.15) is 0 Å². The molecule has 0 fully saturated rings. The number of ether oxygens (including phenoxy) is 1.